The Labute approximate surface area is 160 Å². The Hall–Kier alpha value is -0.570. The summed E-state index contributed by atoms with van der Waals surface area (Å²) >= 11 is 5.62. The second kappa shape index (κ2) is 6.22. The summed E-state index contributed by atoms with van der Waals surface area (Å²) in [7, 11) is 0. The molecule has 5 heteroatoms. The average Bonchev–Trinajstić information content (AvgIpc) is 2.88. The molecule has 8 atom stereocenters. The van der Waals surface area contributed by atoms with E-state index in [0.717, 1.165) is 25.7 Å². The quantitative estimate of drug-likeness (QED) is 0.415. The van der Waals surface area contributed by atoms with E-state index in [0.29, 0.717) is 19.3 Å². The Morgan fingerprint density at radius 1 is 1.27 bits per heavy atom. The highest BCUT2D eigenvalue weighted by Crippen LogP contribution is 2.67. The third kappa shape index (κ3) is 2.31. The van der Waals surface area contributed by atoms with E-state index in [4.69, 9.17) is 11.6 Å². The van der Waals surface area contributed by atoms with Gasteiger partial charge in [0.05, 0.1) is 18.8 Å². The first-order valence-corrected chi connectivity index (χ1v) is 10.2. The molecular weight excluding hydrogens is 352 g/mol. The summed E-state index contributed by atoms with van der Waals surface area (Å²) in [5, 5.41) is 45.2. The first kappa shape index (κ1) is 18.8. The first-order valence-electron chi connectivity index (χ1n) is 9.83. The van der Waals surface area contributed by atoms with Crippen LogP contribution in [0, 0.1) is 39.9 Å². The van der Waals surface area contributed by atoms with Crippen LogP contribution in [0.1, 0.15) is 51.9 Å². The fourth-order valence-corrected chi connectivity index (χ4v) is 7.31. The number of aliphatic hydroxyl groups excluding tert-OH is 3. The Kier molecular flexibility index (Phi) is 4.49. The standard InChI is InChI=1S/C21H29ClO4/c1-19-6-4-14(24)10-13(19)2-3-15-16-5-7-21(26,8-9-22)20(16,12-23)11-17(25)18(15)19/h2,14-18,23-26H,3-7,10-12H2,1H3/t14?,15-,16-,17?,18-,19-,20+,21?/m0/s1. The second-order valence-electron chi connectivity index (χ2n) is 9.28. The van der Waals surface area contributed by atoms with Crippen molar-refractivity contribution in [2.24, 2.45) is 28.6 Å². The second-order valence-corrected chi connectivity index (χ2v) is 9.47. The van der Waals surface area contributed by atoms with E-state index in [9.17, 15) is 20.4 Å². The van der Waals surface area contributed by atoms with Crippen molar-refractivity contribution in [3.63, 3.8) is 0 Å². The van der Waals surface area contributed by atoms with Gasteiger partial charge in [-0.2, -0.15) is 0 Å². The van der Waals surface area contributed by atoms with Crippen LogP contribution in [0.25, 0.3) is 0 Å². The van der Waals surface area contributed by atoms with E-state index in [1.165, 1.54) is 5.57 Å². The molecule has 4 rings (SSSR count). The zero-order chi connectivity index (χ0) is 18.7. The molecule has 0 aromatic rings. The van der Waals surface area contributed by atoms with Gasteiger partial charge in [-0.05, 0) is 79.7 Å². The SMILES string of the molecule is C[C@]12CCC(O)CC1=CC[C@@H]1[C@H]2C(O)C[C@@]2(CO)[C@H]1CCC2(O)C#CCl. The molecule has 0 heterocycles. The Balaban J connectivity index is 1.76. The Morgan fingerprint density at radius 2 is 2.04 bits per heavy atom. The Morgan fingerprint density at radius 3 is 2.73 bits per heavy atom. The minimum Gasteiger partial charge on any atom is -0.396 e. The Bertz CT molecular complexity index is 681. The van der Waals surface area contributed by atoms with Crippen molar-refractivity contribution in [1.82, 2.24) is 0 Å². The van der Waals surface area contributed by atoms with Crippen molar-refractivity contribution in [2.75, 3.05) is 6.61 Å². The average molecular weight is 381 g/mol. The molecule has 4 N–H and O–H groups in total. The molecule has 3 unspecified atom stereocenters. The normalized spacial score (nSPS) is 52.8. The zero-order valence-electron chi connectivity index (χ0n) is 15.3. The lowest BCUT2D eigenvalue weighted by Crippen LogP contribution is -2.61. The fraction of sp³-hybridized carbons (Fsp3) is 0.810. The van der Waals surface area contributed by atoms with Crippen LogP contribution in [0.3, 0.4) is 0 Å². The molecule has 0 spiro atoms. The predicted molar refractivity (Wildman–Crippen MR) is 99.1 cm³/mol. The van der Waals surface area contributed by atoms with Crippen LogP contribution in [-0.4, -0.2) is 44.8 Å². The third-order valence-electron chi connectivity index (χ3n) is 8.41. The molecule has 0 aliphatic heterocycles. The summed E-state index contributed by atoms with van der Waals surface area (Å²) in [5.74, 6) is 3.18. The van der Waals surface area contributed by atoms with Gasteiger partial charge in [0.2, 0.25) is 0 Å². The minimum absolute atomic E-state index is 0.103. The van der Waals surface area contributed by atoms with E-state index in [1.54, 1.807) is 0 Å². The van der Waals surface area contributed by atoms with E-state index in [1.807, 2.05) is 0 Å². The van der Waals surface area contributed by atoms with Crippen molar-refractivity contribution in [3.05, 3.63) is 11.6 Å². The number of rotatable bonds is 1. The molecule has 3 fully saturated rings. The molecule has 0 radical (unpaired) electrons. The van der Waals surface area contributed by atoms with E-state index in [-0.39, 0.29) is 35.9 Å². The smallest absolute Gasteiger partial charge is 0.134 e. The lowest BCUT2D eigenvalue weighted by atomic mass is 9.46. The topological polar surface area (TPSA) is 80.9 Å². The molecule has 4 aliphatic rings. The highest BCUT2D eigenvalue weighted by atomic mass is 35.5. The number of allylic oxidation sites excluding steroid dienone is 1. The summed E-state index contributed by atoms with van der Waals surface area (Å²) < 4.78 is 0. The molecule has 144 valence electrons. The monoisotopic (exact) mass is 380 g/mol. The van der Waals surface area contributed by atoms with Gasteiger partial charge < -0.3 is 20.4 Å². The van der Waals surface area contributed by atoms with Crippen molar-refractivity contribution >= 4 is 11.6 Å². The van der Waals surface area contributed by atoms with Crippen LogP contribution in [0.2, 0.25) is 0 Å². The zero-order valence-corrected chi connectivity index (χ0v) is 16.0. The molecule has 4 aliphatic carbocycles. The largest absolute Gasteiger partial charge is 0.396 e. The van der Waals surface area contributed by atoms with Gasteiger partial charge in [0.1, 0.15) is 5.60 Å². The molecule has 4 nitrogen and oxygen atoms in total. The van der Waals surface area contributed by atoms with Crippen LogP contribution in [0.4, 0.5) is 0 Å². The van der Waals surface area contributed by atoms with Crippen LogP contribution in [-0.2, 0) is 0 Å². The highest BCUT2D eigenvalue weighted by Gasteiger charge is 2.67. The van der Waals surface area contributed by atoms with Crippen LogP contribution >= 0.6 is 11.6 Å². The minimum atomic E-state index is -1.34. The maximum atomic E-state index is 11.2. The van der Waals surface area contributed by atoms with Gasteiger partial charge in [0.25, 0.3) is 0 Å². The first-order chi connectivity index (χ1) is 12.3. The summed E-state index contributed by atoms with van der Waals surface area (Å²) in [6, 6.07) is 0. The fourth-order valence-electron chi connectivity index (χ4n) is 7.15. The van der Waals surface area contributed by atoms with E-state index < -0.39 is 17.1 Å². The van der Waals surface area contributed by atoms with Crippen molar-refractivity contribution < 1.29 is 20.4 Å². The number of fused-ring (bicyclic) bond motifs is 5. The van der Waals surface area contributed by atoms with Gasteiger partial charge in [0, 0.05) is 10.8 Å². The van der Waals surface area contributed by atoms with E-state index in [2.05, 4.69) is 24.3 Å². The predicted octanol–water partition coefficient (Wildman–Crippen LogP) is 2.18. The van der Waals surface area contributed by atoms with Gasteiger partial charge in [-0.15, -0.1) is 0 Å². The van der Waals surface area contributed by atoms with Crippen LogP contribution in [0.15, 0.2) is 11.6 Å². The molecule has 0 saturated heterocycles. The lowest BCUT2D eigenvalue weighted by molar-refractivity contribution is -0.174. The summed E-state index contributed by atoms with van der Waals surface area (Å²) in [6.07, 6.45) is 6.17. The molecule has 26 heavy (non-hydrogen) atoms. The van der Waals surface area contributed by atoms with Crippen LogP contribution in [0.5, 0.6) is 0 Å². The van der Waals surface area contributed by atoms with Gasteiger partial charge >= 0.3 is 0 Å². The van der Waals surface area contributed by atoms with Gasteiger partial charge in [0.15, 0.2) is 0 Å². The van der Waals surface area contributed by atoms with Crippen LogP contribution < -0.4 is 0 Å². The summed E-state index contributed by atoms with van der Waals surface area (Å²) in [4.78, 5) is 0. The molecular formula is C21H29ClO4. The molecule has 0 aromatic heterocycles. The van der Waals surface area contributed by atoms with Gasteiger partial charge in [-0.25, -0.2) is 0 Å². The summed E-state index contributed by atoms with van der Waals surface area (Å²) in [5.41, 5.74) is -0.983. The highest BCUT2D eigenvalue weighted by molar-refractivity contribution is 6.30. The van der Waals surface area contributed by atoms with E-state index >= 15 is 0 Å². The van der Waals surface area contributed by atoms with Crippen molar-refractivity contribution in [2.45, 2.75) is 69.7 Å². The van der Waals surface area contributed by atoms with Gasteiger partial charge in [-0.3, -0.25) is 0 Å². The molecule has 0 amide bonds. The van der Waals surface area contributed by atoms with Crippen molar-refractivity contribution in [1.29, 1.82) is 0 Å². The lowest BCUT2D eigenvalue weighted by Gasteiger charge is -2.60. The molecule has 0 aromatic carbocycles. The number of halogens is 1. The maximum absolute atomic E-state index is 11.2. The maximum Gasteiger partial charge on any atom is 0.134 e. The number of aliphatic hydroxyl groups is 4. The molecule has 3 saturated carbocycles. The number of hydrogen-bond acceptors (Lipinski definition) is 4. The van der Waals surface area contributed by atoms with Crippen molar-refractivity contribution in [3.8, 4) is 11.3 Å². The molecule has 0 bridgehead atoms. The van der Waals surface area contributed by atoms with Gasteiger partial charge in [-0.1, -0.05) is 24.5 Å². The summed E-state index contributed by atoms with van der Waals surface area (Å²) in [6.45, 7) is 2.04. The number of hydrogen-bond donors (Lipinski definition) is 4. The third-order valence-corrected chi connectivity index (χ3v) is 8.51.